The molecule has 0 amide bonds. The molecule has 1 saturated heterocycles. The number of hydrogen-bond acceptors (Lipinski definition) is 5. The van der Waals surface area contributed by atoms with Crippen LogP contribution in [-0.4, -0.2) is 58.3 Å². The molecule has 1 aromatic heterocycles. The summed E-state index contributed by atoms with van der Waals surface area (Å²) in [6.45, 7) is 4.96. The number of aliphatic imine (C=N–C) groups is 1. The fourth-order valence-electron chi connectivity index (χ4n) is 3.50. The van der Waals surface area contributed by atoms with Gasteiger partial charge in [-0.25, -0.2) is 9.07 Å². The Morgan fingerprint density at radius 3 is 2.81 bits per heavy atom. The largest absolute Gasteiger partial charge is 0.382 e. The normalized spacial score (nSPS) is 16.5. The predicted molar refractivity (Wildman–Crippen MR) is 136 cm³/mol. The number of aryl methyl sites for hydroxylation is 1. The molecule has 1 fully saturated rings. The summed E-state index contributed by atoms with van der Waals surface area (Å²) >= 11 is 2.03. The number of nitrogen functional groups attached to an aromatic ring is 1. The summed E-state index contributed by atoms with van der Waals surface area (Å²) in [4.78, 5) is 6.74. The fourth-order valence-corrected chi connectivity index (χ4v) is 4.68. The first-order valence-corrected chi connectivity index (χ1v) is 11.2. The third-order valence-electron chi connectivity index (χ3n) is 5.16. The second kappa shape index (κ2) is 12.1. The smallest absolute Gasteiger partial charge is 0.193 e. The van der Waals surface area contributed by atoms with Crippen LogP contribution in [0.5, 0.6) is 0 Å². The van der Waals surface area contributed by atoms with Crippen LogP contribution in [0.3, 0.4) is 0 Å². The van der Waals surface area contributed by atoms with Gasteiger partial charge in [0.15, 0.2) is 5.96 Å². The molecule has 168 valence electrons. The van der Waals surface area contributed by atoms with Crippen LogP contribution in [0.4, 0.5) is 10.2 Å². The van der Waals surface area contributed by atoms with Crippen molar-refractivity contribution in [3.63, 3.8) is 0 Å². The molecule has 0 spiro atoms. The number of benzene rings is 1. The van der Waals surface area contributed by atoms with Gasteiger partial charge >= 0.3 is 0 Å². The van der Waals surface area contributed by atoms with Gasteiger partial charge in [0.25, 0.3) is 0 Å². The van der Waals surface area contributed by atoms with Crippen LogP contribution in [0.15, 0.2) is 29.3 Å². The molecule has 1 aliphatic heterocycles. The van der Waals surface area contributed by atoms with E-state index >= 15 is 0 Å². The maximum Gasteiger partial charge on any atom is 0.193 e. The molecule has 3 rings (SSSR count). The maximum atomic E-state index is 13.2. The van der Waals surface area contributed by atoms with E-state index in [0.29, 0.717) is 28.6 Å². The number of nitriles is 1. The number of thioether (sulfide) groups is 1. The van der Waals surface area contributed by atoms with Crippen molar-refractivity contribution in [1.82, 2.24) is 20.0 Å². The Morgan fingerprint density at radius 2 is 2.16 bits per heavy atom. The number of rotatable bonds is 6. The lowest BCUT2D eigenvalue weighted by Crippen LogP contribution is -2.48. The van der Waals surface area contributed by atoms with E-state index in [1.807, 2.05) is 18.8 Å². The van der Waals surface area contributed by atoms with Gasteiger partial charge in [0.05, 0.1) is 11.4 Å². The molecule has 31 heavy (non-hydrogen) atoms. The number of nitrogens with one attached hydrogen (secondary N) is 1. The molecule has 1 aliphatic rings. The summed E-state index contributed by atoms with van der Waals surface area (Å²) in [7, 11) is 1.81. The van der Waals surface area contributed by atoms with Crippen LogP contribution in [-0.2, 0) is 6.42 Å². The van der Waals surface area contributed by atoms with Gasteiger partial charge in [-0.3, -0.25) is 4.99 Å². The van der Waals surface area contributed by atoms with Crippen LogP contribution >= 0.6 is 35.7 Å². The molecule has 1 atom stereocenters. The van der Waals surface area contributed by atoms with Gasteiger partial charge in [-0.1, -0.05) is 6.92 Å². The molecular weight excluding hydrogens is 528 g/mol. The van der Waals surface area contributed by atoms with Crippen molar-refractivity contribution >= 4 is 47.5 Å². The summed E-state index contributed by atoms with van der Waals surface area (Å²) in [5.74, 6) is 1.98. The van der Waals surface area contributed by atoms with Crippen molar-refractivity contribution in [3.8, 4) is 11.8 Å². The van der Waals surface area contributed by atoms with E-state index in [-0.39, 0.29) is 35.6 Å². The van der Waals surface area contributed by atoms with E-state index in [2.05, 4.69) is 33.3 Å². The Labute approximate surface area is 204 Å². The highest BCUT2D eigenvalue weighted by atomic mass is 127. The maximum absolute atomic E-state index is 13.2. The van der Waals surface area contributed by atoms with Crippen molar-refractivity contribution in [2.24, 2.45) is 4.99 Å². The minimum absolute atomic E-state index is 0. The molecule has 2 aromatic rings. The molecule has 0 saturated carbocycles. The summed E-state index contributed by atoms with van der Waals surface area (Å²) in [5.41, 5.74) is 7.78. The Morgan fingerprint density at radius 1 is 1.42 bits per heavy atom. The second-order valence-electron chi connectivity index (χ2n) is 7.13. The number of nitrogens with zero attached hydrogens (tertiary/aromatic N) is 5. The lowest BCUT2D eigenvalue weighted by atomic mass is 10.1. The van der Waals surface area contributed by atoms with Gasteiger partial charge in [0.1, 0.15) is 23.3 Å². The molecule has 10 heteroatoms. The first-order valence-electron chi connectivity index (χ1n) is 10.2. The van der Waals surface area contributed by atoms with Gasteiger partial charge in [0, 0.05) is 37.7 Å². The molecule has 1 aromatic carbocycles. The standard InChI is InChI=1S/C21H28FN7S.HI/c1-3-17-14-28(11-12-30-17)21(25-2)26-10-4-5-19-18(13-23)20(24)29(27-19)16-8-6-15(22)7-9-16;/h6-9,17H,3-5,10-12,14,24H2,1-2H3,(H,25,26);1H. The van der Waals surface area contributed by atoms with Gasteiger partial charge in [-0.2, -0.15) is 22.1 Å². The van der Waals surface area contributed by atoms with Crippen molar-refractivity contribution < 1.29 is 4.39 Å². The number of anilines is 1. The van der Waals surface area contributed by atoms with E-state index < -0.39 is 0 Å². The molecule has 0 radical (unpaired) electrons. The monoisotopic (exact) mass is 557 g/mol. The van der Waals surface area contributed by atoms with Gasteiger partial charge in [-0.15, -0.1) is 24.0 Å². The molecular formula is C21H29FIN7S. The van der Waals surface area contributed by atoms with Crippen LogP contribution in [0.2, 0.25) is 0 Å². The molecule has 7 nitrogen and oxygen atoms in total. The Hall–Kier alpha value is -2.00. The number of hydrogen-bond donors (Lipinski definition) is 2. The molecule has 0 aliphatic carbocycles. The minimum atomic E-state index is -0.331. The summed E-state index contributed by atoms with van der Waals surface area (Å²) in [6, 6.07) is 8.03. The zero-order valence-electron chi connectivity index (χ0n) is 17.8. The molecule has 0 bridgehead atoms. The SMILES string of the molecule is CCC1CN(C(=NC)NCCCc2nn(-c3ccc(F)cc3)c(N)c2C#N)CCS1.I. The van der Waals surface area contributed by atoms with Crippen molar-refractivity contribution in [2.45, 2.75) is 31.4 Å². The highest BCUT2D eigenvalue weighted by Crippen LogP contribution is 2.22. The fraction of sp³-hybridized carbons (Fsp3) is 0.476. The number of aromatic nitrogens is 2. The quantitative estimate of drug-likeness (QED) is 0.245. The summed E-state index contributed by atoms with van der Waals surface area (Å²) in [5, 5.41) is 18.1. The predicted octanol–water partition coefficient (Wildman–Crippen LogP) is 3.42. The van der Waals surface area contributed by atoms with Gasteiger partial charge in [0.2, 0.25) is 0 Å². The lowest BCUT2D eigenvalue weighted by molar-refractivity contribution is 0.408. The highest BCUT2D eigenvalue weighted by molar-refractivity contribution is 14.0. The number of nitrogens with two attached hydrogens (primary N) is 1. The zero-order valence-corrected chi connectivity index (χ0v) is 21.0. The zero-order chi connectivity index (χ0) is 21.5. The average Bonchev–Trinajstić information content (AvgIpc) is 3.09. The first-order chi connectivity index (χ1) is 14.6. The first kappa shape index (κ1) is 25.3. The summed E-state index contributed by atoms with van der Waals surface area (Å²) in [6.07, 6.45) is 2.55. The second-order valence-corrected chi connectivity index (χ2v) is 8.54. The topological polar surface area (TPSA) is 95.3 Å². The van der Waals surface area contributed by atoms with Gasteiger partial charge < -0.3 is 16.0 Å². The third-order valence-corrected chi connectivity index (χ3v) is 6.53. The number of halogens is 2. The Bertz CT molecular complexity index is 923. The summed E-state index contributed by atoms with van der Waals surface area (Å²) < 4.78 is 14.7. The molecule has 3 N–H and O–H groups in total. The molecule has 1 unspecified atom stereocenters. The van der Waals surface area contributed by atoms with Crippen molar-refractivity contribution in [2.75, 3.05) is 38.2 Å². The Balaban J connectivity index is 0.00000341. The number of guanidine groups is 1. The van der Waals surface area contributed by atoms with Crippen molar-refractivity contribution in [3.05, 3.63) is 41.3 Å². The third kappa shape index (κ3) is 6.26. The van der Waals surface area contributed by atoms with Crippen LogP contribution in [0, 0.1) is 17.1 Å². The van der Waals surface area contributed by atoms with Crippen molar-refractivity contribution in [1.29, 1.82) is 5.26 Å². The van der Waals surface area contributed by atoms with E-state index in [0.717, 1.165) is 44.2 Å². The van der Waals surface area contributed by atoms with Crippen LogP contribution in [0.1, 0.15) is 31.0 Å². The van der Waals surface area contributed by atoms with E-state index in [4.69, 9.17) is 5.73 Å². The average molecular weight is 557 g/mol. The van der Waals surface area contributed by atoms with E-state index in [1.54, 1.807) is 12.1 Å². The highest BCUT2D eigenvalue weighted by Gasteiger charge is 2.21. The lowest BCUT2D eigenvalue weighted by Gasteiger charge is -2.34. The van der Waals surface area contributed by atoms with Crippen LogP contribution < -0.4 is 11.1 Å². The van der Waals surface area contributed by atoms with E-state index in [9.17, 15) is 9.65 Å². The van der Waals surface area contributed by atoms with E-state index in [1.165, 1.54) is 16.8 Å². The minimum Gasteiger partial charge on any atom is -0.382 e. The Kier molecular flexibility index (Phi) is 9.90. The molecule has 2 heterocycles. The van der Waals surface area contributed by atoms with Gasteiger partial charge in [-0.05, 0) is 43.5 Å². The van der Waals surface area contributed by atoms with Crippen LogP contribution in [0.25, 0.3) is 5.69 Å².